The van der Waals surface area contributed by atoms with Crippen LogP contribution in [0.5, 0.6) is 0 Å². The van der Waals surface area contributed by atoms with Gasteiger partial charge >= 0.3 is 0 Å². The van der Waals surface area contributed by atoms with Crippen molar-refractivity contribution in [1.82, 2.24) is 14.8 Å². The van der Waals surface area contributed by atoms with Crippen LogP contribution in [-0.4, -0.2) is 21.3 Å². The van der Waals surface area contributed by atoms with Crippen molar-refractivity contribution in [2.75, 3.05) is 11.9 Å². The molecule has 0 saturated heterocycles. The Labute approximate surface area is 105 Å². The summed E-state index contributed by atoms with van der Waals surface area (Å²) in [6, 6.07) is 3.76. The largest absolute Gasteiger partial charge is 0.370 e. The Kier molecular flexibility index (Phi) is 3.63. The number of nitrogens with one attached hydrogen (secondary N) is 1. The number of hydrogen-bond donors (Lipinski definition) is 1. The normalized spacial score (nSPS) is 9.53. The van der Waals surface area contributed by atoms with Gasteiger partial charge in [0.25, 0.3) is 0 Å². The lowest BCUT2D eigenvalue weighted by Gasteiger charge is -1.98. The van der Waals surface area contributed by atoms with Crippen LogP contribution in [0, 0.1) is 11.8 Å². The first-order chi connectivity index (χ1) is 8.31. The molecule has 0 spiro atoms. The van der Waals surface area contributed by atoms with E-state index in [1.807, 2.05) is 18.3 Å². The van der Waals surface area contributed by atoms with E-state index in [0.29, 0.717) is 11.7 Å². The van der Waals surface area contributed by atoms with Gasteiger partial charge in [-0.1, -0.05) is 17.5 Å². The predicted molar refractivity (Wildman–Crippen MR) is 68.3 cm³/mol. The minimum absolute atomic E-state index is 0.423. The first-order valence-corrected chi connectivity index (χ1v) is 5.48. The highest BCUT2D eigenvalue weighted by Crippen LogP contribution is 2.21. The van der Waals surface area contributed by atoms with E-state index in [-0.39, 0.29) is 0 Å². The van der Waals surface area contributed by atoms with Crippen LogP contribution in [-0.2, 0) is 0 Å². The van der Waals surface area contributed by atoms with Gasteiger partial charge in [-0.25, -0.2) is 4.68 Å². The minimum Gasteiger partial charge on any atom is -0.370 e. The van der Waals surface area contributed by atoms with E-state index in [1.54, 1.807) is 24.0 Å². The van der Waals surface area contributed by atoms with Gasteiger partial charge in [0.1, 0.15) is 0 Å². The van der Waals surface area contributed by atoms with Crippen LogP contribution >= 0.6 is 11.6 Å². The van der Waals surface area contributed by atoms with Gasteiger partial charge in [-0.2, -0.15) is 5.10 Å². The summed E-state index contributed by atoms with van der Waals surface area (Å²) in [4.78, 5) is 4.03. The molecule has 0 aliphatic carbocycles. The number of nitrogens with zero attached hydrogens (tertiary/aromatic N) is 3. The molecule has 86 valence electrons. The zero-order chi connectivity index (χ0) is 12.1. The highest BCUT2D eigenvalue weighted by atomic mass is 35.5. The first kappa shape index (κ1) is 11.5. The highest BCUT2D eigenvalue weighted by molar-refractivity contribution is 6.32. The Morgan fingerprint density at radius 2 is 2.41 bits per heavy atom. The molecule has 0 fully saturated rings. The number of hydrogen-bond acceptors (Lipinski definition) is 3. The molecule has 0 aromatic carbocycles. The van der Waals surface area contributed by atoms with Crippen molar-refractivity contribution in [3.8, 4) is 17.5 Å². The van der Waals surface area contributed by atoms with Crippen LogP contribution in [0.15, 0.2) is 30.7 Å². The van der Waals surface area contributed by atoms with Crippen molar-refractivity contribution in [2.24, 2.45) is 0 Å². The molecule has 0 saturated carbocycles. The second-order valence-electron chi connectivity index (χ2n) is 3.27. The molecule has 0 atom stereocenters. The topological polar surface area (TPSA) is 42.7 Å². The van der Waals surface area contributed by atoms with Gasteiger partial charge in [0, 0.05) is 6.20 Å². The number of aromatic nitrogens is 3. The Morgan fingerprint density at radius 3 is 3.12 bits per heavy atom. The van der Waals surface area contributed by atoms with E-state index in [2.05, 4.69) is 27.2 Å². The van der Waals surface area contributed by atoms with Gasteiger partial charge in [0.05, 0.1) is 30.3 Å². The molecular weight excluding hydrogens is 236 g/mol. The van der Waals surface area contributed by atoms with Gasteiger partial charge in [0.15, 0.2) is 5.15 Å². The van der Waals surface area contributed by atoms with E-state index >= 15 is 0 Å². The molecule has 1 N–H and O–H groups in total. The molecule has 2 aromatic heterocycles. The maximum absolute atomic E-state index is 6.01. The third-order valence-electron chi connectivity index (χ3n) is 2.12. The summed E-state index contributed by atoms with van der Waals surface area (Å²) in [5.74, 6) is 5.71. The number of rotatable bonds is 3. The van der Waals surface area contributed by atoms with Crippen LogP contribution in [0.2, 0.25) is 5.15 Å². The van der Waals surface area contributed by atoms with Crippen LogP contribution in [0.25, 0.3) is 5.69 Å². The SMILES string of the molecule is CC#CCNc1cn(-c2cccnc2)nc1Cl. The zero-order valence-electron chi connectivity index (χ0n) is 9.31. The van der Waals surface area contributed by atoms with Crippen molar-refractivity contribution >= 4 is 17.3 Å². The monoisotopic (exact) mass is 246 g/mol. The molecule has 2 heterocycles. The van der Waals surface area contributed by atoms with Gasteiger partial charge in [-0.05, 0) is 19.1 Å². The quantitative estimate of drug-likeness (QED) is 0.846. The molecule has 4 nitrogen and oxygen atoms in total. The summed E-state index contributed by atoms with van der Waals surface area (Å²) >= 11 is 6.01. The fraction of sp³-hybridized carbons (Fsp3) is 0.167. The van der Waals surface area contributed by atoms with Gasteiger partial charge in [0.2, 0.25) is 0 Å². The number of halogens is 1. The molecule has 0 radical (unpaired) electrons. The molecule has 5 heteroatoms. The second-order valence-corrected chi connectivity index (χ2v) is 3.63. The van der Waals surface area contributed by atoms with Crippen LogP contribution in [0.4, 0.5) is 5.69 Å². The smallest absolute Gasteiger partial charge is 0.174 e. The summed E-state index contributed by atoms with van der Waals surface area (Å²) in [5.41, 5.74) is 1.63. The Hall–Kier alpha value is -1.99. The molecule has 17 heavy (non-hydrogen) atoms. The summed E-state index contributed by atoms with van der Waals surface area (Å²) in [6.07, 6.45) is 5.25. The molecule has 0 bridgehead atoms. The Morgan fingerprint density at radius 1 is 1.53 bits per heavy atom. The number of anilines is 1. The van der Waals surface area contributed by atoms with Gasteiger partial charge in [-0.15, -0.1) is 5.92 Å². The summed E-state index contributed by atoms with van der Waals surface area (Å²) in [5, 5.41) is 7.71. The second kappa shape index (κ2) is 5.37. The Balaban J connectivity index is 2.21. The fourth-order valence-electron chi connectivity index (χ4n) is 1.32. The highest BCUT2D eigenvalue weighted by Gasteiger charge is 2.06. The van der Waals surface area contributed by atoms with E-state index in [4.69, 9.17) is 11.6 Å². The van der Waals surface area contributed by atoms with Crippen molar-refractivity contribution in [3.05, 3.63) is 35.9 Å². The lowest BCUT2D eigenvalue weighted by Crippen LogP contribution is -1.97. The maximum atomic E-state index is 6.01. The molecule has 0 aliphatic rings. The third kappa shape index (κ3) is 2.77. The van der Waals surface area contributed by atoms with E-state index in [9.17, 15) is 0 Å². The van der Waals surface area contributed by atoms with Crippen molar-refractivity contribution in [2.45, 2.75) is 6.92 Å². The molecular formula is C12H11ClN4. The van der Waals surface area contributed by atoms with Gasteiger partial charge < -0.3 is 5.32 Å². The zero-order valence-corrected chi connectivity index (χ0v) is 10.1. The predicted octanol–water partition coefficient (Wildman–Crippen LogP) is 2.36. The van der Waals surface area contributed by atoms with Crippen LogP contribution < -0.4 is 5.32 Å². The molecule has 0 aliphatic heterocycles. The molecule has 0 amide bonds. The lowest BCUT2D eigenvalue weighted by atomic mass is 10.4. The van der Waals surface area contributed by atoms with Crippen molar-refractivity contribution < 1.29 is 0 Å². The van der Waals surface area contributed by atoms with Crippen LogP contribution in [0.3, 0.4) is 0 Å². The van der Waals surface area contributed by atoms with E-state index < -0.39 is 0 Å². The standard InChI is InChI=1S/C12H11ClN4/c1-2-3-7-15-11-9-17(16-12(11)13)10-5-4-6-14-8-10/h4-6,8-9,15H,7H2,1H3. The van der Waals surface area contributed by atoms with Gasteiger partial charge in [-0.3, -0.25) is 4.98 Å². The van der Waals surface area contributed by atoms with E-state index in [1.165, 1.54) is 0 Å². The first-order valence-electron chi connectivity index (χ1n) is 5.10. The van der Waals surface area contributed by atoms with Crippen LogP contribution in [0.1, 0.15) is 6.92 Å². The average Bonchev–Trinajstić information content (AvgIpc) is 2.73. The number of pyridine rings is 1. The summed E-state index contributed by atoms with van der Waals surface area (Å²) < 4.78 is 1.68. The Bertz CT molecular complexity index is 551. The van der Waals surface area contributed by atoms with E-state index in [0.717, 1.165) is 11.4 Å². The lowest BCUT2D eigenvalue weighted by molar-refractivity contribution is 0.874. The fourth-order valence-corrected chi connectivity index (χ4v) is 1.52. The molecule has 2 rings (SSSR count). The van der Waals surface area contributed by atoms with Crippen molar-refractivity contribution in [3.63, 3.8) is 0 Å². The molecule has 2 aromatic rings. The maximum Gasteiger partial charge on any atom is 0.174 e. The van der Waals surface area contributed by atoms with Crippen molar-refractivity contribution in [1.29, 1.82) is 0 Å². The minimum atomic E-state index is 0.423. The summed E-state index contributed by atoms with van der Waals surface area (Å²) in [6.45, 7) is 2.34. The average molecular weight is 247 g/mol. The molecule has 0 unspecified atom stereocenters. The summed E-state index contributed by atoms with van der Waals surface area (Å²) in [7, 11) is 0. The third-order valence-corrected chi connectivity index (χ3v) is 2.40.